The lowest BCUT2D eigenvalue weighted by Gasteiger charge is -2.17. The Balaban J connectivity index is 1.92. The molecule has 0 aliphatic carbocycles. The molecule has 8 nitrogen and oxygen atoms in total. The number of aromatic nitrogens is 2. The third-order valence-corrected chi connectivity index (χ3v) is 3.69. The lowest BCUT2D eigenvalue weighted by molar-refractivity contribution is 0.0901. The molecular weight excluding hydrogens is 312 g/mol. The zero-order valence-electron chi connectivity index (χ0n) is 14.1. The lowest BCUT2D eigenvalue weighted by atomic mass is 10.2. The van der Waals surface area contributed by atoms with Crippen molar-refractivity contribution in [1.29, 1.82) is 0 Å². The van der Waals surface area contributed by atoms with Crippen molar-refractivity contribution in [2.45, 2.75) is 46.1 Å². The van der Waals surface area contributed by atoms with Crippen LogP contribution in [0.4, 0.5) is 0 Å². The fourth-order valence-electron chi connectivity index (χ4n) is 2.26. The average Bonchev–Trinajstić information content (AvgIpc) is 3.26. The molecule has 0 radical (unpaired) electrons. The molecule has 0 saturated heterocycles. The summed E-state index contributed by atoms with van der Waals surface area (Å²) in [6.07, 6.45) is 4.34. The zero-order valence-corrected chi connectivity index (χ0v) is 14.1. The van der Waals surface area contributed by atoms with E-state index in [2.05, 4.69) is 20.6 Å². The van der Waals surface area contributed by atoms with Gasteiger partial charge < -0.3 is 19.5 Å². The van der Waals surface area contributed by atoms with E-state index in [9.17, 15) is 9.59 Å². The molecule has 2 heterocycles. The summed E-state index contributed by atoms with van der Waals surface area (Å²) in [5.41, 5.74) is 0.565. The van der Waals surface area contributed by atoms with Gasteiger partial charge in [-0.25, -0.2) is 9.97 Å². The summed E-state index contributed by atoms with van der Waals surface area (Å²) in [4.78, 5) is 32.3. The van der Waals surface area contributed by atoms with Gasteiger partial charge >= 0.3 is 0 Å². The Morgan fingerprint density at radius 3 is 2.04 bits per heavy atom. The quantitative estimate of drug-likeness (QED) is 0.760. The molecule has 0 aliphatic heterocycles. The molecule has 0 unspecified atom stereocenters. The fraction of sp³-hybridized carbons (Fsp3) is 0.500. The first kappa shape index (κ1) is 17.7. The third-order valence-electron chi connectivity index (χ3n) is 3.69. The fourth-order valence-corrected chi connectivity index (χ4v) is 2.26. The maximum atomic E-state index is 12.3. The largest absolute Gasteiger partial charge is 0.448 e. The molecule has 2 rings (SSSR count). The number of hydrogen-bond acceptors (Lipinski definition) is 6. The molecule has 2 aromatic heterocycles. The maximum Gasteiger partial charge on any atom is 0.273 e. The van der Waals surface area contributed by atoms with Crippen molar-refractivity contribution in [2.24, 2.45) is 0 Å². The van der Waals surface area contributed by atoms with Crippen LogP contribution < -0.4 is 10.6 Å². The second-order valence-electron chi connectivity index (χ2n) is 5.24. The van der Waals surface area contributed by atoms with E-state index in [0.29, 0.717) is 30.8 Å². The van der Waals surface area contributed by atoms with E-state index in [4.69, 9.17) is 8.83 Å². The van der Waals surface area contributed by atoms with Crippen molar-refractivity contribution in [1.82, 2.24) is 20.6 Å². The van der Waals surface area contributed by atoms with Crippen molar-refractivity contribution < 1.29 is 18.4 Å². The van der Waals surface area contributed by atoms with Crippen LogP contribution in [-0.2, 0) is 12.8 Å². The maximum absolute atomic E-state index is 12.3. The molecular formula is C16H22N4O4. The molecule has 130 valence electrons. The van der Waals surface area contributed by atoms with E-state index >= 15 is 0 Å². The zero-order chi connectivity index (χ0) is 17.5. The normalized spacial score (nSPS) is 12.0. The molecule has 0 aromatic carbocycles. The van der Waals surface area contributed by atoms with Gasteiger partial charge in [0.25, 0.3) is 11.8 Å². The van der Waals surface area contributed by atoms with Gasteiger partial charge in [0.2, 0.25) is 0 Å². The van der Waals surface area contributed by atoms with E-state index in [1.54, 1.807) is 0 Å². The minimum absolute atomic E-state index is 0.222. The van der Waals surface area contributed by atoms with E-state index in [0.717, 1.165) is 0 Å². The Bertz CT molecular complexity index is 692. The molecule has 24 heavy (non-hydrogen) atoms. The molecule has 1 atom stereocenters. The first-order valence-corrected chi connectivity index (χ1v) is 8.04. The predicted molar refractivity (Wildman–Crippen MR) is 85.6 cm³/mol. The second kappa shape index (κ2) is 8.28. The van der Waals surface area contributed by atoms with Crippen LogP contribution in [0.25, 0.3) is 0 Å². The predicted octanol–water partition coefficient (Wildman–Crippen LogP) is 1.73. The summed E-state index contributed by atoms with van der Waals surface area (Å²) in [6, 6.07) is -0.222. The highest BCUT2D eigenvalue weighted by Crippen LogP contribution is 2.09. The van der Waals surface area contributed by atoms with Crippen molar-refractivity contribution in [3.05, 3.63) is 35.7 Å². The minimum Gasteiger partial charge on any atom is -0.448 e. The van der Waals surface area contributed by atoms with Gasteiger partial charge in [-0.05, 0) is 6.42 Å². The van der Waals surface area contributed by atoms with E-state index in [1.165, 1.54) is 12.8 Å². The summed E-state index contributed by atoms with van der Waals surface area (Å²) in [7, 11) is 0. The molecule has 0 aliphatic rings. The number of oxazole rings is 2. The van der Waals surface area contributed by atoms with Crippen LogP contribution in [0, 0.1) is 0 Å². The Morgan fingerprint density at radius 2 is 1.54 bits per heavy atom. The Labute approximate surface area is 140 Å². The lowest BCUT2D eigenvalue weighted by Crippen LogP contribution is -2.43. The van der Waals surface area contributed by atoms with Gasteiger partial charge in [-0.1, -0.05) is 20.8 Å². The summed E-state index contributed by atoms with van der Waals surface area (Å²) in [5.74, 6) is 0.461. The second-order valence-corrected chi connectivity index (χ2v) is 5.24. The summed E-state index contributed by atoms with van der Waals surface area (Å²) in [5, 5.41) is 5.62. The van der Waals surface area contributed by atoms with Crippen LogP contribution in [0.1, 0.15) is 59.7 Å². The standard InChI is InChI=1S/C16H22N4O4/c1-4-10(20-16(22)14-12(6-3)24-9-19-14)7-17-15(21)13-11(5-2)23-8-18-13/h8-10H,4-7H2,1-3H3,(H,17,21)(H,20,22)/t10-/m0/s1. The van der Waals surface area contributed by atoms with Gasteiger partial charge in [0, 0.05) is 25.4 Å². The van der Waals surface area contributed by atoms with Crippen molar-refractivity contribution >= 4 is 11.8 Å². The van der Waals surface area contributed by atoms with Gasteiger partial charge in [0.05, 0.1) is 0 Å². The Kier molecular flexibility index (Phi) is 6.11. The molecule has 0 fully saturated rings. The number of nitrogens with zero attached hydrogens (tertiary/aromatic N) is 2. The molecule has 0 spiro atoms. The van der Waals surface area contributed by atoms with Gasteiger partial charge in [-0.2, -0.15) is 0 Å². The minimum atomic E-state index is -0.316. The van der Waals surface area contributed by atoms with Gasteiger partial charge in [-0.15, -0.1) is 0 Å². The number of aryl methyl sites for hydroxylation is 2. The monoisotopic (exact) mass is 334 g/mol. The Morgan fingerprint density at radius 1 is 1.00 bits per heavy atom. The van der Waals surface area contributed by atoms with Crippen LogP contribution in [0.3, 0.4) is 0 Å². The van der Waals surface area contributed by atoms with Crippen LogP contribution in [-0.4, -0.2) is 34.4 Å². The number of rotatable bonds is 8. The van der Waals surface area contributed by atoms with Crippen molar-refractivity contribution in [3.63, 3.8) is 0 Å². The Hall–Kier alpha value is -2.64. The van der Waals surface area contributed by atoms with Crippen LogP contribution in [0.5, 0.6) is 0 Å². The number of nitrogens with one attached hydrogen (secondary N) is 2. The van der Waals surface area contributed by atoms with Crippen molar-refractivity contribution in [3.8, 4) is 0 Å². The smallest absolute Gasteiger partial charge is 0.273 e. The first-order chi connectivity index (χ1) is 11.6. The number of carbonyl (C=O) groups excluding carboxylic acids is 2. The number of hydrogen-bond donors (Lipinski definition) is 2. The van der Waals surface area contributed by atoms with Crippen LogP contribution in [0.15, 0.2) is 21.6 Å². The van der Waals surface area contributed by atoms with Crippen LogP contribution >= 0.6 is 0 Å². The van der Waals surface area contributed by atoms with Gasteiger partial charge in [0.15, 0.2) is 24.2 Å². The molecule has 0 saturated carbocycles. The van der Waals surface area contributed by atoms with E-state index in [-0.39, 0.29) is 35.8 Å². The number of carbonyl (C=O) groups is 2. The van der Waals surface area contributed by atoms with Gasteiger partial charge in [-0.3, -0.25) is 9.59 Å². The highest BCUT2D eigenvalue weighted by atomic mass is 16.3. The van der Waals surface area contributed by atoms with Gasteiger partial charge in [0.1, 0.15) is 11.5 Å². The summed E-state index contributed by atoms with van der Waals surface area (Å²) >= 11 is 0. The molecule has 2 amide bonds. The molecule has 0 bridgehead atoms. The molecule has 2 aromatic rings. The average molecular weight is 334 g/mol. The third kappa shape index (κ3) is 4.01. The van der Waals surface area contributed by atoms with Crippen molar-refractivity contribution in [2.75, 3.05) is 6.54 Å². The summed E-state index contributed by atoms with van der Waals surface area (Å²) in [6.45, 7) is 5.98. The van der Waals surface area contributed by atoms with E-state index < -0.39 is 0 Å². The topological polar surface area (TPSA) is 110 Å². The molecule has 2 N–H and O–H groups in total. The first-order valence-electron chi connectivity index (χ1n) is 8.04. The van der Waals surface area contributed by atoms with E-state index in [1.807, 2.05) is 20.8 Å². The SMILES string of the molecule is CCc1ocnc1C(=O)NC[C@H](CC)NC(=O)c1ncoc1CC. The highest BCUT2D eigenvalue weighted by molar-refractivity contribution is 5.94. The number of amides is 2. The molecule has 8 heteroatoms. The summed E-state index contributed by atoms with van der Waals surface area (Å²) < 4.78 is 10.3. The van der Waals surface area contributed by atoms with Crippen LogP contribution in [0.2, 0.25) is 0 Å². The highest BCUT2D eigenvalue weighted by Gasteiger charge is 2.20.